The molecule has 1 saturated heterocycles. The maximum atomic E-state index is 11.7. The first-order chi connectivity index (χ1) is 6.59. The molecule has 1 aromatic rings. The van der Waals surface area contributed by atoms with Crippen molar-refractivity contribution in [1.29, 1.82) is 0 Å². The Morgan fingerprint density at radius 1 is 1.43 bits per heavy atom. The van der Waals surface area contributed by atoms with Gasteiger partial charge in [0, 0.05) is 22.6 Å². The molecule has 1 aliphatic rings. The third kappa shape index (κ3) is 1.92. The van der Waals surface area contributed by atoms with Crippen LogP contribution in [0.3, 0.4) is 0 Å². The highest BCUT2D eigenvalue weighted by Gasteiger charge is 2.34. The zero-order chi connectivity index (χ0) is 10.2. The van der Waals surface area contributed by atoms with Gasteiger partial charge in [0.05, 0.1) is 5.75 Å². The molecule has 0 spiro atoms. The zero-order valence-corrected chi connectivity index (χ0v) is 10.3. The summed E-state index contributed by atoms with van der Waals surface area (Å²) in [5, 5.41) is 3.02. The predicted molar refractivity (Wildman–Crippen MR) is 57.4 cm³/mol. The molecule has 0 saturated carbocycles. The minimum absolute atomic E-state index is 0.233. The molecule has 0 bridgehead atoms. The normalized spacial score (nSPS) is 26.2. The molecule has 5 nitrogen and oxygen atoms in total. The van der Waals surface area contributed by atoms with E-state index in [1.165, 1.54) is 0 Å². The van der Waals surface area contributed by atoms with E-state index in [1.54, 1.807) is 0 Å². The van der Waals surface area contributed by atoms with E-state index in [-0.39, 0.29) is 11.6 Å². The summed E-state index contributed by atoms with van der Waals surface area (Å²) in [6.07, 6.45) is 2.24. The average molecular weight is 328 g/mol. The van der Waals surface area contributed by atoms with Crippen molar-refractivity contribution in [3.63, 3.8) is 0 Å². The lowest BCUT2D eigenvalue weighted by molar-refractivity contribution is 0.360. The van der Waals surface area contributed by atoms with Crippen LogP contribution in [-0.2, 0) is 9.84 Å². The fourth-order valence-corrected chi connectivity index (χ4v) is 3.73. The van der Waals surface area contributed by atoms with Crippen LogP contribution in [0.1, 0.15) is 30.4 Å². The van der Waals surface area contributed by atoms with Gasteiger partial charge >= 0.3 is 0 Å². The maximum Gasteiger partial charge on any atom is 0.245 e. The van der Waals surface area contributed by atoms with E-state index in [4.69, 9.17) is 4.52 Å². The van der Waals surface area contributed by atoms with Crippen molar-refractivity contribution in [2.24, 2.45) is 0 Å². The van der Waals surface area contributed by atoms with Crippen molar-refractivity contribution < 1.29 is 12.9 Å². The van der Waals surface area contributed by atoms with E-state index in [1.807, 2.05) is 22.6 Å². The molecule has 1 unspecified atom stereocenters. The Morgan fingerprint density at radius 3 is 2.79 bits per heavy atom. The van der Waals surface area contributed by atoms with Gasteiger partial charge in [0.25, 0.3) is 0 Å². The van der Waals surface area contributed by atoms with Crippen molar-refractivity contribution in [3.8, 4) is 0 Å². The van der Waals surface area contributed by atoms with Crippen LogP contribution in [0.5, 0.6) is 0 Å². The first-order valence-corrected chi connectivity index (χ1v) is 7.10. The number of halogens is 1. The molecule has 2 heterocycles. The molecule has 1 atom stereocenters. The summed E-state index contributed by atoms with van der Waals surface area (Å²) in [4.78, 5) is 3.96. The standard InChI is InChI=1S/C7H9IN2O3S/c8-7-9-6(13-10-7)5-3-1-2-4-14(5,11)12/h5H,1-4H2. The second-order valence-electron chi connectivity index (χ2n) is 3.25. The van der Waals surface area contributed by atoms with Gasteiger partial charge in [-0.15, -0.1) is 0 Å². The van der Waals surface area contributed by atoms with Crippen molar-refractivity contribution in [3.05, 3.63) is 9.72 Å². The Balaban J connectivity index is 2.33. The van der Waals surface area contributed by atoms with Crippen LogP contribution in [0.25, 0.3) is 0 Å². The lowest BCUT2D eigenvalue weighted by atomic mass is 10.2. The van der Waals surface area contributed by atoms with Gasteiger partial charge in [-0.25, -0.2) is 8.42 Å². The molecule has 0 amide bonds. The van der Waals surface area contributed by atoms with Gasteiger partial charge in [0.2, 0.25) is 9.72 Å². The lowest BCUT2D eigenvalue weighted by Gasteiger charge is -2.18. The molecule has 0 aromatic carbocycles. The largest absolute Gasteiger partial charge is 0.337 e. The molecule has 1 fully saturated rings. The highest BCUT2D eigenvalue weighted by Crippen LogP contribution is 2.32. The summed E-state index contributed by atoms with van der Waals surface area (Å²) >= 11 is 1.90. The zero-order valence-electron chi connectivity index (χ0n) is 7.31. The second kappa shape index (κ2) is 3.76. The van der Waals surface area contributed by atoms with E-state index in [0.717, 1.165) is 12.8 Å². The Kier molecular flexibility index (Phi) is 2.78. The first-order valence-electron chi connectivity index (χ1n) is 4.30. The summed E-state index contributed by atoms with van der Waals surface area (Å²) in [5.74, 6) is 0.477. The fraction of sp³-hybridized carbons (Fsp3) is 0.714. The Bertz CT molecular complexity index is 428. The van der Waals surface area contributed by atoms with Crippen LogP contribution in [0.2, 0.25) is 0 Å². The van der Waals surface area contributed by atoms with E-state index in [2.05, 4.69) is 10.1 Å². The number of hydrogen-bond donors (Lipinski definition) is 0. The van der Waals surface area contributed by atoms with Gasteiger partial charge in [-0.3, -0.25) is 0 Å². The van der Waals surface area contributed by atoms with Gasteiger partial charge in [-0.2, -0.15) is 4.98 Å². The number of rotatable bonds is 1. The minimum atomic E-state index is -3.06. The van der Waals surface area contributed by atoms with Crippen molar-refractivity contribution in [2.75, 3.05) is 5.75 Å². The van der Waals surface area contributed by atoms with Crippen LogP contribution in [0.15, 0.2) is 4.52 Å². The molecule has 0 radical (unpaired) electrons. The van der Waals surface area contributed by atoms with Crippen molar-refractivity contribution >= 4 is 32.4 Å². The highest BCUT2D eigenvalue weighted by atomic mass is 127. The molecule has 7 heteroatoms. The summed E-state index contributed by atoms with van der Waals surface area (Å²) in [5.41, 5.74) is 0. The smallest absolute Gasteiger partial charge is 0.245 e. The quantitative estimate of drug-likeness (QED) is 0.727. The molecule has 2 rings (SSSR count). The van der Waals surface area contributed by atoms with Crippen molar-refractivity contribution in [1.82, 2.24) is 10.1 Å². The van der Waals surface area contributed by atoms with Gasteiger partial charge in [-0.1, -0.05) is 11.6 Å². The summed E-state index contributed by atoms with van der Waals surface area (Å²) in [6, 6.07) is 0. The summed E-state index contributed by atoms with van der Waals surface area (Å²) in [7, 11) is -3.06. The molecular formula is C7H9IN2O3S. The number of nitrogens with zero attached hydrogens (tertiary/aromatic N) is 2. The van der Waals surface area contributed by atoms with Gasteiger partial charge in [0.1, 0.15) is 5.25 Å². The van der Waals surface area contributed by atoms with Crippen LogP contribution in [-0.4, -0.2) is 24.3 Å². The highest BCUT2D eigenvalue weighted by molar-refractivity contribution is 14.1. The van der Waals surface area contributed by atoms with E-state index in [9.17, 15) is 8.42 Å². The number of sulfone groups is 1. The molecule has 14 heavy (non-hydrogen) atoms. The van der Waals surface area contributed by atoms with Gasteiger partial charge in [0.15, 0.2) is 9.84 Å². The van der Waals surface area contributed by atoms with E-state index >= 15 is 0 Å². The van der Waals surface area contributed by atoms with Gasteiger partial charge in [-0.05, 0) is 12.8 Å². The van der Waals surface area contributed by atoms with Crippen LogP contribution in [0.4, 0.5) is 0 Å². The van der Waals surface area contributed by atoms with E-state index in [0.29, 0.717) is 10.3 Å². The van der Waals surface area contributed by atoms with Gasteiger partial charge < -0.3 is 4.52 Å². The fourth-order valence-electron chi connectivity index (χ4n) is 1.58. The maximum absolute atomic E-state index is 11.7. The number of hydrogen-bond acceptors (Lipinski definition) is 5. The Labute approximate surface area is 95.3 Å². The molecule has 78 valence electrons. The second-order valence-corrected chi connectivity index (χ2v) is 6.52. The van der Waals surface area contributed by atoms with Crippen LogP contribution >= 0.6 is 22.6 Å². The summed E-state index contributed by atoms with van der Waals surface area (Å²) < 4.78 is 28.7. The SMILES string of the molecule is O=S1(=O)CCCCC1c1nc(I)no1. The third-order valence-corrected chi connectivity index (χ3v) is 4.87. The van der Waals surface area contributed by atoms with Crippen molar-refractivity contribution in [2.45, 2.75) is 24.5 Å². The minimum Gasteiger partial charge on any atom is -0.337 e. The predicted octanol–water partition coefficient (Wildman–Crippen LogP) is 1.31. The average Bonchev–Trinajstić information content (AvgIpc) is 2.51. The molecular weight excluding hydrogens is 319 g/mol. The Morgan fingerprint density at radius 2 is 2.21 bits per heavy atom. The van der Waals surface area contributed by atoms with Crippen LogP contribution < -0.4 is 0 Å². The third-order valence-electron chi connectivity index (χ3n) is 2.27. The monoisotopic (exact) mass is 328 g/mol. The Hall–Kier alpha value is -0.180. The lowest BCUT2D eigenvalue weighted by Crippen LogP contribution is -2.21. The van der Waals surface area contributed by atoms with E-state index < -0.39 is 15.1 Å². The topological polar surface area (TPSA) is 73.1 Å². The molecule has 1 aliphatic heterocycles. The molecule has 1 aromatic heterocycles. The first kappa shape index (κ1) is 10.3. The van der Waals surface area contributed by atoms with Crippen LogP contribution in [0, 0.1) is 3.83 Å². The summed E-state index contributed by atoms with van der Waals surface area (Å²) in [6.45, 7) is 0. The molecule has 0 aliphatic carbocycles. The number of aromatic nitrogens is 2. The molecule has 0 N–H and O–H groups in total.